The molecule has 0 N–H and O–H groups in total. The lowest BCUT2D eigenvalue weighted by atomic mass is 9.99. The number of carbonyl (C=O) groups excluding carboxylic acids is 3. The molecule has 2 rings (SSSR count). The first kappa shape index (κ1) is 18.9. The zero-order valence-electron chi connectivity index (χ0n) is 14.6. The predicted molar refractivity (Wildman–Crippen MR) is 94.2 cm³/mol. The maximum absolute atomic E-state index is 12.7. The summed E-state index contributed by atoms with van der Waals surface area (Å²) in [6, 6.07) is 15.0. The number of hydrogen-bond acceptors (Lipinski definition) is 6. The summed E-state index contributed by atoms with van der Waals surface area (Å²) in [5, 5.41) is 0. The molecule has 0 aliphatic carbocycles. The van der Waals surface area contributed by atoms with Crippen molar-refractivity contribution in [3.63, 3.8) is 0 Å². The van der Waals surface area contributed by atoms with Gasteiger partial charge in [0.1, 0.15) is 5.75 Å². The van der Waals surface area contributed by atoms with Gasteiger partial charge >= 0.3 is 17.9 Å². The second kappa shape index (κ2) is 8.62. The summed E-state index contributed by atoms with van der Waals surface area (Å²) < 4.78 is 14.8. The molecule has 0 fully saturated rings. The number of esters is 3. The number of methoxy groups -OCH3 is 2. The van der Waals surface area contributed by atoms with Crippen molar-refractivity contribution in [1.82, 2.24) is 0 Å². The molecule has 26 heavy (non-hydrogen) atoms. The molecular formula is C20H18O6. The average Bonchev–Trinajstić information content (AvgIpc) is 2.67. The summed E-state index contributed by atoms with van der Waals surface area (Å²) in [5.74, 6) is -2.57. The zero-order valence-corrected chi connectivity index (χ0v) is 14.6. The standard InChI is InChI=1S/C20H18O6/c1-13-9-7-8-12-15(13)26-20(23)17(19(22)25-3)16(18(21)24-2)14-10-5-4-6-11-14/h4-12H,1-3H3/b17-16-. The highest BCUT2D eigenvalue weighted by Crippen LogP contribution is 2.24. The quantitative estimate of drug-likeness (QED) is 0.270. The van der Waals surface area contributed by atoms with Gasteiger partial charge in [0, 0.05) is 0 Å². The van der Waals surface area contributed by atoms with Gasteiger partial charge in [-0.15, -0.1) is 0 Å². The Hall–Kier alpha value is -3.41. The highest BCUT2D eigenvalue weighted by molar-refractivity contribution is 6.32. The fraction of sp³-hybridized carbons (Fsp3) is 0.150. The first-order valence-corrected chi connectivity index (χ1v) is 7.73. The Kier molecular flexibility index (Phi) is 6.27. The Morgan fingerprint density at radius 1 is 0.731 bits per heavy atom. The molecule has 0 radical (unpaired) electrons. The highest BCUT2D eigenvalue weighted by Gasteiger charge is 2.31. The lowest BCUT2D eigenvalue weighted by Gasteiger charge is -2.13. The van der Waals surface area contributed by atoms with Crippen LogP contribution < -0.4 is 4.74 Å². The molecule has 0 saturated carbocycles. The Labute approximate surface area is 151 Å². The molecule has 0 atom stereocenters. The zero-order chi connectivity index (χ0) is 19.1. The van der Waals surface area contributed by atoms with E-state index in [0.29, 0.717) is 11.1 Å². The molecule has 2 aromatic carbocycles. The number of aryl methyl sites for hydroxylation is 1. The topological polar surface area (TPSA) is 78.9 Å². The third kappa shape index (κ3) is 4.16. The van der Waals surface area contributed by atoms with E-state index in [-0.39, 0.29) is 11.3 Å². The van der Waals surface area contributed by atoms with Crippen molar-refractivity contribution in [2.75, 3.05) is 14.2 Å². The van der Waals surface area contributed by atoms with Crippen LogP contribution in [-0.4, -0.2) is 32.1 Å². The van der Waals surface area contributed by atoms with Crippen molar-refractivity contribution in [2.45, 2.75) is 6.92 Å². The summed E-state index contributed by atoms with van der Waals surface area (Å²) in [5.41, 5.74) is 0.276. The second-order valence-electron chi connectivity index (χ2n) is 5.25. The monoisotopic (exact) mass is 354 g/mol. The summed E-state index contributed by atoms with van der Waals surface area (Å²) >= 11 is 0. The number of carbonyl (C=O) groups is 3. The molecule has 0 aliphatic rings. The van der Waals surface area contributed by atoms with E-state index in [0.717, 1.165) is 14.2 Å². The maximum Gasteiger partial charge on any atom is 0.351 e. The second-order valence-corrected chi connectivity index (χ2v) is 5.25. The Morgan fingerprint density at radius 3 is 1.88 bits per heavy atom. The van der Waals surface area contributed by atoms with Gasteiger partial charge in [0.15, 0.2) is 5.57 Å². The van der Waals surface area contributed by atoms with Crippen LogP contribution in [0.4, 0.5) is 0 Å². The summed E-state index contributed by atoms with van der Waals surface area (Å²) in [6.07, 6.45) is 0. The third-order valence-electron chi connectivity index (χ3n) is 3.59. The van der Waals surface area contributed by atoms with E-state index in [9.17, 15) is 14.4 Å². The number of hydrogen-bond donors (Lipinski definition) is 0. The van der Waals surface area contributed by atoms with E-state index in [2.05, 4.69) is 0 Å². The van der Waals surface area contributed by atoms with Gasteiger partial charge in [0.25, 0.3) is 0 Å². The van der Waals surface area contributed by atoms with Crippen molar-refractivity contribution in [3.05, 3.63) is 71.3 Å². The van der Waals surface area contributed by atoms with E-state index < -0.39 is 23.5 Å². The van der Waals surface area contributed by atoms with Crippen molar-refractivity contribution < 1.29 is 28.6 Å². The van der Waals surface area contributed by atoms with E-state index in [1.165, 1.54) is 0 Å². The summed E-state index contributed by atoms with van der Waals surface area (Å²) in [4.78, 5) is 37.3. The molecule has 0 saturated heterocycles. The molecule has 0 amide bonds. The summed E-state index contributed by atoms with van der Waals surface area (Å²) in [7, 11) is 2.27. The third-order valence-corrected chi connectivity index (χ3v) is 3.59. The van der Waals surface area contributed by atoms with Crippen molar-refractivity contribution in [1.29, 1.82) is 0 Å². The van der Waals surface area contributed by atoms with E-state index in [1.54, 1.807) is 61.5 Å². The van der Waals surface area contributed by atoms with E-state index in [1.807, 2.05) is 0 Å². The van der Waals surface area contributed by atoms with Crippen LogP contribution in [0.3, 0.4) is 0 Å². The normalized spacial score (nSPS) is 11.2. The van der Waals surface area contributed by atoms with Gasteiger partial charge in [0.05, 0.1) is 19.8 Å². The van der Waals surface area contributed by atoms with Crippen molar-refractivity contribution in [3.8, 4) is 5.75 Å². The number of benzene rings is 2. The molecule has 0 aromatic heterocycles. The van der Waals surface area contributed by atoms with Gasteiger partial charge in [-0.25, -0.2) is 14.4 Å². The van der Waals surface area contributed by atoms with Crippen molar-refractivity contribution in [2.24, 2.45) is 0 Å². The van der Waals surface area contributed by atoms with Gasteiger partial charge in [0.2, 0.25) is 0 Å². The Bertz CT molecular complexity index is 852. The van der Waals surface area contributed by atoms with E-state index in [4.69, 9.17) is 14.2 Å². The van der Waals surface area contributed by atoms with Crippen molar-refractivity contribution >= 4 is 23.5 Å². The van der Waals surface area contributed by atoms with Gasteiger partial charge in [-0.3, -0.25) is 0 Å². The number of para-hydroxylation sites is 1. The molecule has 0 bridgehead atoms. The SMILES string of the molecule is COC(=O)/C(C(=O)Oc1ccccc1C)=C(/C(=O)OC)c1ccccc1. The predicted octanol–water partition coefficient (Wildman–Crippen LogP) is 2.70. The fourth-order valence-corrected chi connectivity index (χ4v) is 2.28. The Morgan fingerprint density at radius 2 is 1.31 bits per heavy atom. The number of ether oxygens (including phenoxy) is 3. The molecule has 0 unspecified atom stereocenters. The van der Waals surface area contributed by atoms with Crippen LogP contribution >= 0.6 is 0 Å². The van der Waals surface area contributed by atoms with Crippen LogP contribution in [-0.2, 0) is 23.9 Å². The van der Waals surface area contributed by atoms with E-state index >= 15 is 0 Å². The first-order chi connectivity index (χ1) is 12.5. The minimum Gasteiger partial charge on any atom is -0.465 e. The van der Waals surface area contributed by atoms with Crippen LogP contribution in [0.5, 0.6) is 5.75 Å². The molecule has 0 heterocycles. The molecule has 0 spiro atoms. The largest absolute Gasteiger partial charge is 0.465 e. The average molecular weight is 354 g/mol. The van der Waals surface area contributed by atoms with Gasteiger partial charge in [-0.05, 0) is 24.1 Å². The molecule has 0 aliphatic heterocycles. The first-order valence-electron chi connectivity index (χ1n) is 7.73. The number of rotatable bonds is 5. The Balaban J connectivity index is 2.60. The van der Waals surface area contributed by atoms with Gasteiger partial charge in [-0.2, -0.15) is 0 Å². The smallest absolute Gasteiger partial charge is 0.351 e. The lowest BCUT2D eigenvalue weighted by molar-refractivity contribution is -0.142. The van der Waals surface area contributed by atoms with Gasteiger partial charge in [-0.1, -0.05) is 48.5 Å². The minimum absolute atomic E-state index is 0.224. The fourth-order valence-electron chi connectivity index (χ4n) is 2.28. The van der Waals surface area contributed by atoms with Crippen LogP contribution in [0, 0.1) is 6.92 Å². The summed E-state index contributed by atoms with van der Waals surface area (Å²) in [6.45, 7) is 1.75. The molecule has 6 nitrogen and oxygen atoms in total. The molecule has 2 aromatic rings. The van der Waals surface area contributed by atoms with Crippen LogP contribution in [0.2, 0.25) is 0 Å². The van der Waals surface area contributed by atoms with Crippen LogP contribution in [0.25, 0.3) is 5.57 Å². The van der Waals surface area contributed by atoms with Gasteiger partial charge < -0.3 is 14.2 Å². The van der Waals surface area contributed by atoms with Crippen LogP contribution in [0.15, 0.2) is 60.2 Å². The lowest BCUT2D eigenvalue weighted by Crippen LogP contribution is -2.24. The van der Waals surface area contributed by atoms with Crippen LogP contribution in [0.1, 0.15) is 11.1 Å². The molecule has 134 valence electrons. The highest BCUT2D eigenvalue weighted by atomic mass is 16.6. The minimum atomic E-state index is -1.00. The molecule has 6 heteroatoms. The molecular weight excluding hydrogens is 336 g/mol. The maximum atomic E-state index is 12.7.